The van der Waals surface area contributed by atoms with Crippen LogP contribution < -0.4 is 10.6 Å². The summed E-state index contributed by atoms with van der Waals surface area (Å²) in [6.45, 7) is 6.37. The van der Waals surface area contributed by atoms with Crippen molar-refractivity contribution in [2.24, 2.45) is 0 Å². The molecular formula is C10H19ClN4O. The Balaban J connectivity index is 0.00000225. The lowest BCUT2D eigenvalue weighted by Crippen LogP contribution is -2.31. The minimum Gasteiger partial charge on any atom is -0.349 e. The summed E-state index contributed by atoms with van der Waals surface area (Å²) in [7, 11) is 0. The summed E-state index contributed by atoms with van der Waals surface area (Å²) < 4.78 is 0. The van der Waals surface area contributed by atoms with Crippen LogP contribution in [0, 0.1) is 0 Å². The molecule has 0 unspecified atom stereocenters. The van der Waals surface area contributed by atoms with Crippen LogP contribution in [0.5, 0.6) is 0 Å². The van der Waals surface area contributed by atoms with Crippen molar-refractivity contribution in [1.82, 2.24) is 20.8 Å². The standard InChI is InChI=1S/C10H18N4O.ClH/c1-3-8-7-9(14-13-8)10(15)12-6-5-11-4-2;/h7,11H,3-6H2,1-2H3,(H,12,15)(H,13,14);1H. The van der Waals surface area contributed by atoms with Gasteiger partial charge in [0.25, 0.3) is 5.91 Å². The van der Waals surface area contributed by atoms with Crippen LogP contribution in [-0.2, 0) is 6.42 Å². The Hall–Kier alpha value is -1.07. The number of aromatic nitrogens is 2. The van der Waals surface area contributed by atoms with Crippen molar-refractivity contribution in [3.05, 3.63) is 17.5 Å². The fourth-order valence-corrected chi connectivity index (χ4v) is 1.19. The summed E-state index contributed by atoms with van der Waals surface area (Å²) in [5, 5.41) is 12.7. The Bertz CT molecular complexity index is 314. The van der Waals surface area contributed by atoms with Crippen molar-refractivity contribution < 1.29 is 4.79 Å². The van der Waals surface area contributed by atoms with Crippen LogP contribution in [0.3, 0.4) is 0 Å². The van der Waals surface area contributed by atoms with Crippen molar-refractivity contribution in [3.63, 3.8) is 0 Å². The fraction of sp³-hybridized carbons (Fsp3) is 0.600. The van der Waals surface area contributed by atoms with Crippen molar-refractivity contribution in [2.45, 2.75) is 20.3 Å². The number of H-pyrrole nitrogens is 1. The molecule has 3 N–H and O–H groups in total. The molecule has 0 atom stereocenters. The predicted octanol–water partition coefficient (Wildman–Crippen LogP) is 0.733. The molecule has 0 fully saturated rings. The summed E-state index contributed by atoms with van der Waals surface area (Å²) in [6.07, 6.45) is 0.859. The lowest BCUT2D eigenvalue weighted by Gasteiger charge is -2.02. The van der Waals surface area contributed by atoms with Gasteiger partial charge in [0.05, 0.1) is 0 Å². The number of likely N-dealkylation sites (N-methyl/N-ethyl adjacent to an activating group) is 1. The van der Waals surface area contributed by atoms with Gasteiger partial charge >= 0.3 is 0 Å². The number of halogens is 1. The first-order chi connectivity index (χ1) is 7.27. The molecule has 6 heteroatoms. The molecule has 0 spiro atoms. The molecule has 0 aliphatic rings. The molecule has 0 radical (unpaired) electrons. The van der Waals surface area contributed by atoms with Gasteiger partial charge in [-0.3, -0.25) is 9.89 Å². The van der Waals surface area contributed by atoms with Crippen LogP contribution in [0.1, 0.15) is 30.0 Å². The normalized spacial score (nSPS) is 9.62. The van der Waals surface area contributed by atoms with Gasteiger partial charge in [0, 0.05) is 18.8 Å². The number of hydrogen-bond donors (Lipinski definition) is 3. The molecule has 1 amide bonds. The predicted molar refractivity (Wildman–Crippen MR) is 66.1 cm³/mol. The highest BCUT2D eigenvalue weighted by atomic mass is 35.5. The van der Waals surface area contributed by atoms with Crippen molar-refractivity contribution in [2.75, 3.05) is 19.6 Å². The Morgan fingerprint density at radius 2 is 2.19 bits per heavy atom. The van der Waals surface area contributed by atoms with Crippen LogP contribution >= 0.6 is 12.4 Å². The van der Waals surface area contributed by atoms with Crippen molar-refractivity contribution in [1.29, 1.82) is 0 Å². The highest BCUT2D eigenvalue weighted by Crippen LogP contribution is 1.99. The third kappa shape index (κ3) is 4.63. The van der Waals surface area contributed by atoms with Crippen molar-refractivity contribution in [3.8, 4) is 0 Å². The van der Waals surface area contributed by atoms with Crippen LogP contribution in [0.4, 0.5) is 0 Å². The number of hydrogen-bond acceptors (Lipinski definition) is 3. The Kier molecular flexibility index (Phi) is 7.58. The molecule has 0 aliphatic heterocycles. The second kappa shape index (κ2) is 8.13. The Labute approximate surface area is 102 Å². The van der Waals surface area contributed by atoms with E-state index in [-0.39, 0.29) is 18.3 Å². The summed E-state index contributed by atoms with van der Waals surface area (Å²) >= 11 is 0. The topological polar surface area (TPSA) is 69.8 Å². The average molecular weight is 247 g/mol. The number of nitrogens with zero attached hydrogens (tertiary/aromatic N) is 1. The quantitative estimate of drug-likeness (QED) is 0.649. The number of aromatic amines is 1. The fourth-order valence-electron chi connectivity index (χ4n) is 1.19. The average Bonchev–Trinajstić information content (AvgIpc) is 2.72. The van der Waals surface area contributed by atoms with Gasteiger partial charge in [0.15, 0.2) is 0 Å². The number of nitrogens with one attached hydrogen (secondary N) is 3. The minimum absolute atomic E-state index is 0. The number of aryl methyl sites for hydroxylation is 1. The second-order valence-corrected chi connectivity index (χ2v) is 3.24. The van der Waals surface area contributed by atoms with E-state index in [0.717, 1.165) is 25.2 Å². The number of rotatable bonds is 6. The number of carbonyl (C=O) groups is 1. The minimum atomic E-state index is -0.121. The lowest BCUT2D eigenvalue weighted by molar-refractivity contribution is 0.0949. The monoisotopic (exact) mass is 246 g/mol. The molecule has 1 aromatic rings. The maximum absolute atomic E-state index is 11.5. The van der Waals surface area contributed by atoms with Gasteiger partial charge in [0.1, 0.15) is 5.69 Å². The van der Waals surface area contributed by atoms with E-state index in [1.54, 1.807) is 6.07 Å². The number of carbonyl (C=O) groups excluding carboxylic acids is 1. The van der Waals surface area contributed by atoms with E-state index in [0.29, 0.717) is 12.2 Å². The smallest absolute Gasteiger partial charge is 0.271 e. The van der Waals surface area contributed by atoms with Gasteiger partial charge in [0.2, 0.25) is 0 Å². The summed E-state index contributed by atoms with van der Waals surface area (Å²) in [5.74, 6) is -0.121. The maximum atomic E-state index is 11.5. The molecule has 16 heavy (non-hydrogen) atoms. The van der Waals surface area contributed by atoms with E-state index < -0.39 is 0 Å². The largest absolute Gasteiger partial charge is 0.349 e. The molecular weight excluding hydrogens is 228 g/mol. The van der Waals surface area contributed by atoms with Gasteiger partial charge in [-0.05, 0) is 19.0 Å². The molecule has 1 rings (SSSR count). The molecule has 0 saturated carbocycles. The highest BCUT2D eigenvalue weighted by molar-refractivity contribution is 5.92. The first-order valence-corrected chi connectivity index (χ1v) is 5.31. The van der Waals surface area contributed by atoms with Gasteiger partial charge in [-0.1, -0.05) is 13.8 Å². The third-order valence-corrected chi connectivity index (χ3v) is 2.08. The zero-order chi connectivity index (χ0) is 11.1. The van der Waals surface area contributed by atoms with Crippen molar-refractivity contribution >= 4 is 18.3 Å². The highest BCUT2D eigenvalue weighted by Gasteiger charge is 2.08. The van der Waals surface area contributed by atoms with E-state index in [2.05, 4.69) is 20.8 Å². The molecule has 92 valence electrons. The van der Waals surface area contributed by atoms with Gasteiger partial charge < -0.3 is 10.6 Å². The molecule has 0 saturated heterocycles. The zero-order valence-corrected chi connectivity index (χ0v) is 10.5. The summed E-state index contributed by atoms with van der Waals surface area (Å²) in [5.41, 5.74) is 1.44. The second-order valence-electron chi connectivity index (χ2n) is 3.24. The molecule has 0 bridgehead atoms. The van der Waals surface area contributed by atoms with Gasteiger partial charge in [-0.15, -0.1) is 12.4 Å². The van der Waals surface area contributed by atoms with E-state index >= 15 is 0 Å². The van der Waals surface area contributed by atoms with Gasteiger partial charge in [-0.25, -0.2) is 0 Å². The van der Waals surface area contributed by atoms with Crippen LogP contribution in [0.15, 0.2) is 6.07 Å². The third-order valence-electron chi connectivity index (χ3n) is 2.08. The first kappa shape index (κ1) is 14.9. The number of amides is 1. The van der Waals surface area contributed by atoms with E-state index in [1.807, 2.05) is 13.8 Å². The van der Waals surface area contributed by atoms with Crippen LogP contribution in [0.2, 0.25) is 0 Å². The first-order valence-electron chi connectivity index (χ1n) is 5.31. The zero-order valence-electron chi connectivity index (χ0n) is 9.67. The summed E-state index contributed by atoms with van der Waals surface area (Å²) in [6, 6.07) is 1.78. The van der Waals surface area contributed by atoms with E-state index in [4.69, 9.17) is 0 Å². The summed E-state index contributed by atoms with van der Waals surface area (Å²) in [4.78, 5) is 11.5. The van der Waals surface area contributed by atoms with Crippen LogP contribution in [-0.4, -0.2) is 35.7 Å². The molecule has 0 aliphatic carbocycles. The molecule has 0 aromatic carbocycles. The molecule has 5 nitrogen and oxygen atoms in total. The SMILES string of the molecule is CCNCCNC(=O)c1cc(CC)[nH]n1.Cl. The maximum Gasteiger partial charge on any atom is 0.271 e. The van der Waals surface area contributed by atoms with E-state index in [1.165, 1.54) is 0 Å². The van der Waals surface area contributed by atoms with Crippen LogP contribution in [0.25, 0.3) is 0 Å². The Morgan fingerprint density at radius 3 is 2.75 bits per heavy atom. The Morgan fingerprint density at radius 1 is 1.44 bits per heavy atom. The van der Waals surface area contributed by atoms with Gasteiger partial charge in [-0.2, -0.15) is 5.10 Å². The lowest BCUT2D eigenvalue weighted by atomic mass is 10.3. The molecule has 1 aromatic heterocycles. The van der Waals surface area contributed by atoms with E-state index in [9.17, 15) is 4.79 Å². The molecule has 1 heterocycles.